The number of hydrogen-bond acceptors (Lipinski definition) is 19. The van der Waals surface area contributed by atoms with E-state index < -0.39 is 6.03 Å². The summed E-state index contributed by atoms with van der Waals surface area (Å²) in [5.41, 5.74) is 23.4. The zero-order valence-corrected chi connectivity index (χ0v) is 37.7. The van der Waals surface area contributed by atoms with E-state index >= 15 is 0 Å². The maximum Gasteiger partial charge on any atom is 0.334 e. The van der Waals surface area contributed by atoms with Crippen molar-refractivity contribution in [3.05, 3.63) is 0 Å². The number of nitrogens with two attached hydrogens (primary N) is 3. The van der Waals surface area contributed by atoms with Crippen LogP contribution in [0.15, 0.2) is 46.0 Å². The summed E-state index contributed by atoms with van der Waals surface area (Å²) in [6.45, 7) is 31.1. The third kappa shape index (κ3) is 185. The lowest BCUT2D eigenvalue weighted by molar-refractivity contribution is -0.140. The van der Waals surface area contributed by atoms with Crippen LogP contribution in [0.5, 0.6) is 0 Å². The van der Waals surface area contributed by atoms with Gasteiger partial charge in [0.15, 0.2) is 0 Å². The minimum Gasteiger partial charge on any atom is -0.350 e. The van der Waals surface area contributed by atoms with E-state index in [4.69, 9.17) is 5.84 Å². The Labute approximate surface area is 337 Å². The molecule has 0 rings (SSSR count). The molecule has 330 valence electrons. The van der Waals surface area contributed by atoms with Gasteiger partial charge in [0.25, 0.3) is 0 Å². The van der Waals surface area contributed by atoms with E-state index in [0.717, 1.165) is 35.9 Å². The Kier molecular flexibility index (Phi) is 94.3. The molecule has 0 saturated carbocycles. The molecule has 0 aromatic carbocycles. The predicted octanol–water partition coefficient (Wildman–Crippen LogP) is 3.22. The highest BCUT2D eigenvalue weighted by Crippen LogP contribution is 1.78. The molecular weight excluding hydrogens is 726 g/mol. The molecule has 0 aliphatic heterocycles. The van der Waals surface area contributed by atoms with Gasteiger partial charge in [-0.05, 0) is 104 Å². The Hall–Kier alpha value is -6.16. The molecule has 0 bridgehead atoms. The highest BCUT2D eigenvalue weighted by Gasteiger charge is 1.87. The summed E-state index contributed by atoms with van der Waals surface area (Å²) in [5.74, 6) is 8.97. The summed E-state index contributed by atoms with van der Waals surface area (Å²) < 4.78 is 0. The van der Waals surface area contributed by atoms with Gasteiger partial charge >= 0.3 is 18.0 Å². The van der Waals surface area contributed by atoms with Crippen molar-refractivity contribution in [2.45, 2.75) is 111 Å². The van der Waals surface area contributed by atoms with Gasteiger partial charge in [-0.3, -0.25) is 0 Å². The first kappa shape index (κ1) is 71.3. The molecule has 0 heterocycles. The molecule has 0 aromatic rings. The van der Waals surface area contributed by atoms with Crippen LogP contribution in [0, 0.1) is 0 Å². The van der Waals surface area contributed by atoms with Crippen molar-refractivity contribution < 1.29 is 19.2 Å². The van der Waals surface area contributed by atoms with E-state index in [-0.39, 0.29) is 12.0 Å². The average Bonchev–Trinajstić information content (AvgIpc) is 3.15. The number of carbonyl (C=O) groups excluding carboxylic acids is 3. The summed E-state index contributed by atoms with van der Waals surface area (Å²) in [7, 11) is 5.08. The lowest BCUT2D eigenvalue weighted by Gasteiger charge is -1.92. The van der Waals surface area contributed by atoms with Crippen molar-refractivity contribution in [2.24, 2.45) is 63.4 Å². The van der Waals surface area contributed by atoms with Gasteiger partial charge < -0.3 is 49.3 Å². The third-order valence-electron chi connectivity index (χ3n) is 3.02. The summed E-state index contributed by atoms with van der Waals surface area (Å²) in [6.07, 6.45) is 7.88. The fourth-order valence-corrected chi connectivity index (χ4v) is 1.24. The number of rotatable bonds is 9. The average molecular weight is 806 g/mol. The normalized spacial score (nSPS) is 8.48. The van der Waals surface area contributed by atoms with Gasteiger partial charge in [0, 0.05) is 89.4 Å². The van der Waals surface area contributed by atoms with Crippen LogP contribution < -0.4 is 55.3 Å². The van der Waals surface area contributed by atoms with Gasteiger partial charge in [-0.15, -0.1) is 0 Å². The summed E-state index contributed by atoms with van der Waals surface area (Å²) in [6, 6.07) is -0.943. The first-order valence-electron chi connectivity index (χ1n) is 17.1. The zero-order chi connectivity index (χ0) is 46.0. The standard InChI is InChI=1S/C5H12N2.C5H9NO2.C4H9N3O.2C4H10N2.C3H7N3O.2C3H8N2.C2H6N2/c1-4-6-7-5(2)3;1-4(2)6-8-5(3)7;1-3-6-7-4(8)5-2;1-4(2)6-5-3;1-3-5-6-4-2;1-2-5-6-3(4)7;1-3-5-4-2;1-3(2)5-4;1-2-4-3/h6H,4H2,1-3H3;1-3H3;3H,1-2H3,(H2,5,7,8);5H,1-3H3;3,6H,4H2,1-2H3;2H,1H3,(H3,4,6,7);3-4H,1-2H3;4H2,1-2H3;2H,3H2,1H3/b;;6-3+;;5-3+;5-2+;5-3+;;4-2+. The number of primary amides is 1. The van der Waals surface area contributed by atoms with Crippen LogP contribution >= 0.6 is 0 Å². The van der Waals surface area contributed by atoms with Crippen molar-refractivity contribution in [1.82, 2.24) is 37.9 Å². The van der Waals surface area contributed by atoms with E-state index in [9.17, 15) is 14.4 Å². The highest BCUT2D eigenvalue weighted by atomic mass is 16.7. The van der Waals surface area contributed by atoms with Crippen LogP contribution in [-0.4, -0.2) is 106 Å². The zero-order valence-electron chi connectivity index (χ0n) is 37.7. The second-order valence-corrected chi connectivity index (χ2v) is 9.41. The lowest BCUT2D eigenvalue weighted by atomic mass is 10.5. The van der Waals surface area contributed by atoms with Crippen LogP contribution in [0.2, 0.25) is 0 Å². The summed E-state index contributed by atoms with van der Waals surface area (Å²) in [4.78, 5) is 34.3. The SMILES string of the molecule is C/C=N/N.C/C=N/NC.C/C=N/NC(=O)NC.C/C=N/NC(N)=O.C/C=N/NCC.CC(=O)ON=C(C)C.CC(C)=NN.CCNN=C(C)C.CNN=C(C)C. The molecule has 0 aromatic heterocycles. The number of oxime groups is 1. The first-order valence-corrected chi connectivity index (χ1v) is 17.1. The Bertz CT molecular complexity index is 1080. The van der Waals surface area contributed by atoms with Crippen molar-refractivity contribution in [1.29, 1.82) is 0 Å². The smallest absolute Gasteiger partial charge is 0.334 e. The number of nitrogens with one attached hydrogen (secondary N) is 7. The van der Waals surface area contributed by atoms with E-state index in [2.05, 4.69) is 94.8 Å². The molecule has 0 spiro atoms. The first-order chi connectivity index (χ1) is 26.3. The number of hydrazone groups is 8. The van der Waals surface area contributed by atoms with Gasteiger partial charge in [0.1, 0.15) is 0 Å². The molecule has 0 unspecified atom stereocenters. The van der Waals surface area contributed by atoms with Crippen LogP contribution in [-0.2, 0) is 9.63 Å². The Morgan fingerprint density at radius 3 is 1.11 bits per heavy atom. The Morgan fingerprint density at radius 2 is 0.982 bits per heavy atom. The van der Waals surface area contributed by atoms with Crippen molar-refractivity contribution in [3.63, 3.8) is 0 Å². The minimum absolute atomic E-state index is 0.303. The van der Waals surface area contributed by atoms with Gasteiger partial charge in [-0.1, -0.05) is 5.16 Å². The van der Waals surface area contributed by atoms with Crippen LogP contribution in [0.1, 0.15) is 111 Å². The Morgan fingerprint density at radius 1 is 0.571 bits per heavy atom. The van der Waals surface area contributed by atoms with Gasteiger partial charge in [-0.2, -0.15) is 40.8 Å². The molecule has 0 atom stereocenters. The minimum atomic E-state index is -0.641. The van der Waals surface area contributed by atoms with E-state index in [1.54, 1.807) is 61.1 Å². The second kappa shape index (κ2) is 74.1. The topological polar surface area (TPSA) is 334 Å². The molecule has 0 aliphatic rings. The second-order valence-electron chi connectivity index (χ2n) is 9.41. The van der Waals surface area contributed by atoms with E-state index in [1.165, 1.54) is 32.6 Å². The van der Waals surface area contributed by atoms with Crippen molar-refractivity contribution in [3.8, 4) is 0 Å². The predicted molar refractivity (Wildman–Crippen MR) is 242 cm³/mol. The number of carbonyl (C=O) groups is 3. The van der Waals surface area contributed by atoms with Crippen LogP contribution in [0.3, 0.4) is 0 Å². The number of urea groups is 2. The molecule has 0 aliphatic carbocycles. The van der Waals surface area contributed by atoms with Crippen LogP contribution in [0.25, 0.3) is 0 Å². The molecule has 56 heavy (non-hydrogen) atoms. The fourth-order valence-electron chi connectivity index (χ4n) is 1.24. The maximum atomic E-state index is 10.2. The fraction of sp³-hybridized carbons (Fsp3) is 0.636. The number of amides is 4. The van der Waals surface area contributed by atoms with Crippen LogP contribution in [0.4, 0.5) is 9.59 Å². The lowest BCUT2D eigenvalue weighted by Crippen LogP contribution is -2.28. The monoisotopic (exact) mass is 806 g/mol. The van der Waals surface area contributed by atoms with E-state index in [0.29, 0.717) is 0 Å². The third-order valence-corrected chi connectivity index (χ3v) is 3.02. The molecule has 4 amide bonds. The molecular formula is C33H79N19O4. The Balaban J connectivity index is -0.0000000639. The maximum absolute atomic E-state index is 10.2. The quantitative estimate of drug-likeness (QED) is 0.0702. The van der Waals surface area contributed by atoms with Crippen molar-refractivity contribution >= 4 is 72.0 Å². The number of hydrogen-bond donors (Lipinski definition) is 10. The van der Waals surface area contributed by atoms with E-state index in [1.807, 2.05) is 74.7 Å². The molecule has 0 fully saturated rings. The molecule has 23 heteroatoms. The number of nitrogens with zero attached hydrogens (tertiary/aromatic N) is 9. The molecule has 0 saturated heterocycles. The van der Waals surface area contributed by atoms with Gasteiger partial charge in [0.2, 0.25) is 0 Å². The molecule has 0 radical (unpaired) electrons. The van der Waals surface area contributed by atoms with Gasteiger partial charge in [0.05, 0.1) is 5.71 Å². The highest BCUT2D eigenvalue weighted by molar-refractivity contribution is 5.80. The summed E-state index contributed by atoms with van der Waals surface area (Å²) >= 11 is 0. The van der Waals surface area contributed by atoms with Crippen molar-refractivity contribution in [2.75, 3.05) is 34.2 Å². The molecule has 23 nitrogen and oxygen atoms in total. The molecule has 13 N–H and O–H groups in total. The van der Waals surface area contributed by atoms with Gasteiger partial charge in [-0.25, -0.2) is 25.2 Å². The largest absolute Gasteiger partial charge is 0.350 e. The summed E-state index contributed by atoms with van der Waals surface area (Å²) in [5, 5.41) is 33.9.